The summed E-state index contributed by atoms with van der Waals surface area (Å²) >= 11 is 0. The van der Waals surface area contributed by atoms with Crippen LogP contribution in [0.25, 0.3) is 10.9 Å². The predicted octanol–water partition coefficient (Wildman–Crippen LogP) is 3.00. The van der Waals surface area contributed by atoms with Crippen molar-refractivity contribution >= 4 is 16.9 Å². The fourth-order valence-corrected chi connectivity index (χ4v) is 2.98. The summed E-state index contributed by atoms with van der Waals surface area (Å²) in [7, 11) is 0. The SMILES string of the molecule is O=C(NCc1cc2cc(F)c(CCc3ccon3)cc2[nH]1)N1CCC1. The molecule has 2 N–H and O–H groups in total. The van der Waals surface area contributed by atoms with Gasteiger partial charge >= 0.3 is 6.03 Å². The van der Waals surface area contributed by atoms with Gasteiger partial charge in [0.05, 0.1) is 12.2 Å². The first-order chi connectivity index (χ1) is 12.2. The minimum absolute atomic E-state index is 0.0515. The minimum atomic E-state index is -0.230. The number of H-pyrrole nitrogens is 1. The van der Waals surface area contributed by atoms with Crippen LogP contribution in [-0.4, -0.2) is 34.2 Å². The second-order valence-corrected chi connectivity index (χ2v) is 6.32. The van der Waals surface area contributed by atoms with Crippen LogP contribution in [0.5, 0.6) is 0 Å². The summed E-state index contributed by atoms with van der Waals surface area (Å²) < 4.78 is 19.1. The summed E-state index contributed by atoms with van der Waals surface area (Å²) in [6.45, 7) is 2.04. The van der Waals surface area contributed by atoms with Crippen LogP contribution < -0.4 is 5.32 Å². The van der Waals surface area contributed by atoms with E-state index in [2.05, 4.69) is 15.5 Å². The highest BCUT2D eigenvalue weighted by Gasteiger charge is 2.19. The van der Waals surface area contributed by atoms with Gasteiger partial charge in [0.25, 0.3) is 0 Å². The van der Waals surface area contributed by atoms with Crippen molar-refractivity contribution in [3.8, 4) is 0 Å². The minimum Gasteiger partial charge on any atom is -0.365 e. The lowest BCUT2D eigenvalue weighted by atomic mass is 10.1. The van der Waals surface area contributed by atoms with E-state index in [1.807, 2.05) is 12.1 Å². The average Bonchev–Trinajstić information content (AvgIpc) is 3.17. The summed E-state index contributed by atoms with van der Waals surface area (Å²) in [5.41, 5.74) is 3.16. The van der Waals surface area contributed by atoms with Gasteiger partial charge in [-0.15, -0.1) is 0 Å². The Morgan fingerprint density at radius 2 is 2.20 bits per heavy atom. The Bertz CT molecular complexity index is 884. The quantitative estimate of drug-likeness (QED) is 0.748. The Labute approximate surface area is 144 Å². The fourth-order valence-electron chi connectivity index (χ4n) is 2.98. The van der Waals surface area contributed by atoms with E-state index in [0.717, 1.165) is 41.8 Å². The molecule has 4 rings (SSSR count). The number of aromatic amines is 1. The maximum Gasteiger partial charge on any atom is 0.317 e. The van der Waals surface area contributed by atoms with Crippen molar-refractivity contribution in [2.24, 2.45) is 0 Å². The molecule has 0 radical (unpaired) electrons. The molecule has 1 fully saturated rings. The molecule has 1 saturated heterocycles. The zero-order chi connectivity index (χ0) is 17.2. The number of aryl methyl sites for hydroxylation is 2. The largest absolute Gasteiger partial charge is 0.365 e. The first kappa shape index (κ1) is 15.7. The van der Waals surface area contributed by atoms with Crippen LogP contribution in [0, 0.1) is 5.82 Å². The van der Waals surface area contributed by atoms with Crippen LogP contribution in [0.1, 0.15) is 23.4 Å². The van der Waals surface area contributed by atoms with Gasteiger partial charge in [-0.05, 0) is 43.0 Å². The van der Waals surface area contributed by atoms with Crippen LogP contribution in [0.3, 0.4) is 0 Å². The van der Waals surface area contributed by atoms with Gasteiger partial charge in [-0.25, -0.2) is 9.18 Å². The van der Waals surface area contributed by atoms with Crippen molar-refractivity contribution in [1.29, 1.82) is 0 Å². The van der Waals surface area contributed by atoms with Crippen LogP contribution >= 0.6 is 0 Å². The highest BCUT2D eigenvalue weighted by molar-refractivity contribution is 5.81. The zero-order valence-electron chi connectivity index (χ0n) is 13.7. The number of nitrogens with zero attached hydrogens (tertiary/aromatic N) is 2. The number of hydrogen-bond donors (Lipinski definition) is 2. The molecule has 1 aromatic carbocycles. The Hall–Kier alpha value is -2.83. The molecule has 3 heterocycles. The lowest BCUT2D eigenvalue weighted by Gasteiger charge is -2.30. The van der Waals surface area contributed by atoms with Gasteiger partial charge in [0.2, 0.25) is 0 Å². The number of carbonyl (C=O) groups is 1. The molecule has 0 aliphatic carbocycles. The summed E-state index contributed by atoms with van der Waals surface area (Å²) in [5.74, 6) is -0.230. The van der Waals surface area contributed by atoms with Gasteiger partial charge in [0, 0.05) is 35.8 Å². The average molecular weight is 342 g/mol. The molecular formula is C18H19FN4O2. The number of rotatable bonds is 5. The Kier molecular flexibility index (Phi) is 4.13. The van der Waals surface area contributed by atoms with E-state index in [-0.39, 0.29) is 11.8 Å². The molecule has 6 nitrogen and oxygen atoms in total. The monoisotopic (exact) mass is 342 g/mol. The number of likely N-dealkylation sites (tertiary alicyclic amines) is 1. The van der Waals surface area contributed by atoms with Gasteiger partial charge in [-0.2, -0.15) is 0 Å². The Morgan fingerprint density at radius 1 is 1.32 bits per heavy atom. The third-order valence-electron chi connectivity index (χ3n) is 4.56. The normalized spacial score (nSPS) is 13.9. The molecule has 25 heavy (non-hydrogen) atoms. The molecule has 1 aliphatic rings. The van der Waals surface area contributed by atoms with Crippen molar-refractivity contribution in [3.05, 3.63) is 53.3 Å². The molecule has 2 aromatic heterocycles. The number of urea groups is 1. The second-order valence-electron chi connectivity index (χ2n) is 6.32. The first-order valence-electron chi connectivity index (χ1n) is 8.41. The smallest absolute Gasteiger partial charge is 0.317 e. The number of benzene rings is 1. The second kappa shape index (κ2) is 6.58. The fraction of sp³-hybridized carbons (Fsp3) is 0.333. The molecule has 0 bridgehead atoms. The molecule has 7 heteroatoms. The molecule has 0 spiro atoms. The maximum atomic E-state index is 14.3. The number of aromatic nitrogens is 2. The molecular weight excluding hydrogens is 323 g/mol. The molecule has 2 amide bonds. The van der Waals surface area contributed by atoms with Gasteiger partial charge < -0.3 is 19.7 Å². The standard InChI is InChI=1S/C18H19FN4O2/c19-16-9-13-8-15(11-20-18(24)23-5-1-6-23)21-17(13)10-12(16)2-3-14-4-7-25-22-14/h4,7-10,21H,1-3,5-6,11H2,(H,20,24). The summed E-state index contributed by atoms with van der Waals surface area (Å²) in [4.78, 5) is 16.9. The first-order valence-corrected chi connectivity index (χ1v) is 8.41. The van der Waals surface area contributed by atoms with E-state index < -0.39 is 0 Å². The number of carbonyl (C=O) groups excluding carboxylic acids is 1. The number of amides is 2. The lowest BCUT2D eigenvalue weighted by molar-refractivity contribution is 0.167. The van der Waals surface area contributed by atoms with Crippen LogP contribution in [-0.2, 0) is 19.4 Å². The summed E-state index contributed by atoms with van der Waals surface area (Å²) in [6, 6.07) is 6.96. The topological polar surface area (TPSA) is 74.2 Å². The van der Waals surface area contributed by atoms with E-state index in [1.165, 1.54) is 12.3 Å². The van der Waals surface area contributed by atoms with E-state index in [1.54, 1.807) is 11.0 Å². The van der Waals surface area contributed by atoms with Crippen LogP contribution in [0.4, 0.5) is 9.18 Å². The van der Waals surface area contributed by atoms with E-state index in [9.17, 15) is 9.18 Å². The zero-order valence-corrected chi connectivity index (χ0v) is 13.7. The molecule has 0 atom stereocenters. The number of hydrogen-bond acceptors (Lipinski definition) is 3. The van der Waals surface area contributed by atoms with Gasteiger partial charge in [0.15, 0.2) is 0 Å². The highest BCUT2D eigenvalue weighted by atomic mass is 19.1. The van der Waals surface area contributed by atoms with Crippen molar-refractivity contribution in [2.75, 3.05) is 13.1 Å². The van der Waals surface area contributed by atoms with Gasteiger partial charge in [0.1, 0.15) is 12.1 Å². The number of fused-ring (bicyclic) bond motifs is 1. The van der Waals surface area contributed by atoms with Gasteiger partial charge in [-0.3, -0.25) is 0 Å². The summed E-state index contributed by atoms with van der Waals surface area (Å²) in [6.07, 6.45) is 3.75. The van der Waals surface area contributed by atoms with Crippen LogP contribution in [0.15, 0.2) is 35.1 Å². The van der Waals surface area contributed by atoms with E-state index >= 15 is 0 Å². The van der Waals surface area contributed by atoms with Crippen molar-refractivity contribution < 1.29 is 13.7 Å². The van der Waals surface area contributed by atoms with E-state index in [0.29, 0.717) is 24.9 Å². The Balaban J connectivity index is 1.45. The molecule has 0 unspecified atom stereocenters. The predicted molar refractivity (Wildman–Crippen MR) is 90.6 cm³/mol. The highest BCUT2D eigenvalue weighted by Crippen LogP contribution is 2.21. The van der Waals surface area contributed by atoms with Crippen LogP contribution in [0.2, 0.25) is 0 Å². The third-order valence-corrected chi connectivity index (χ3v) is 4.56. The number of halogens is 1. The molecule has 1 aliphatic heterocycles. The lowest BCUT2D eigenvalue weighted by Crippen LogP contribution is -2.47. The van der Waals surface area contributed by atoms with Crippen molar-refractivity contribution in [3.63, 3.8) is 0 Å². The Morgan fingerprint density at radius 3 is 2.92 bits per heavy atom. The summed E-state index contributed by atoms with van der Waals surface area (Å²) in [5, 5.41) is 7.52. The third kappa shape index (κ3) is 3.35. The van der Waals surface area contributed by atoms with Crippen molar-refractivity contribution in [2.45, 2.75) is 25.8 Å². The van der Waals surface area contributed by atoms with Crippen molar-refractivity contribution in [1.82, 2.24) is 20.4 Å². The van der Waals surface area contributed by atoms with E-state index in [4.69, 9.17) is 4.52 Å². The maximum absolute atomic E-state index is 14.3. The van der Waals surface area contributed by atoms with Gasteiger partial charge in [-0.1, -0.05) is 5.16 Å². The number of nitrogens with one attached hydrogen (secondary N) is 2. The molecule has 0 saturated carbocycles. The molecule has 130 valence electrons. The molecule has 3 aromatic rings.